The number of fused-ring (bicyclic) bond motifs is 3. The predicted molar refractivity (Wildman–Crippen MR) is 119 cm³/mol. The zero-order valence-corrected chi connectivity index (χ0v) is 18.9. The number of ether oxygens (including phenoxy) is 2. The van der Waals surface area contributed by atoms with E-state index in [9.17, 15) is 27.6 Å². The van der Waals surface area contributed by atoms with Crippen LogP contribution in [0.4, 0.5) is 18.0 Å². The van der Waals surface area contributed by atoms with Crippen LogP contribution < -0.4 is 10.6 Å². The molecule has 0 aliphatic heterocycles. The monoisotopic (exact) mass is 494 g/mol. The van der Waals surface area contributed by atoms with Crippen molar-refractivity contribution >= 4 is 18.0 Å². The van der Waals surface area contributed by atoms with Gasteiger partial charge in [0.05, 0.1) is 19.6 Å². The Labute approximate surface area is 199 Å². The second-order valence-corrected chi connectivity index (χ2v) is 8.09. The number of rotatable bonds is 10. The molecule has 0 bridgehead atoms. The number of aliphatic carboxylic acids is 1. The summed E-state index contributed by atoms with van der Waals surface area (Å²) in [6, 6.07) is 15.0. The van der Waals surface area contributed by atoms with Gasteiger partial charge in [0.15, 0.2) is 0 Å². The van der Waals surface area contributed by atoms with Crippen LogP contribution in [0.3, 0.4) is 0 Å². The molecule has 3 rings (SSSR count). The molecular weight excluding hydrogens is 469 g/mol. The third-order valence-corrected chi connectivity index (χ3v) is 5.71. The summed E-state index contributed by atoms with van der Waals surface area (Å²) in [6.45, 7) is -0.337. The van der Waals surface area contributed by atoms with Gasteiger partial charge in [-0.3, -0.25) is 14.9 Å². The van der Waals surface area contributed by atoms with E-state index in [4.69, 9.17) is 14.6 Å². The Kier molecular flexibility index (Phi) is 8.00. The van der Waals surface area contributed by atoms with Gasteiger partial charge >= 0.3 is 18.2 Å². The van der Waals surface area contributed by atoms with Crippen molar-refractivity contribution in [2.75, 3.05) is 26.4 Å². The number of nitrogens with one attached hydrogen (secondary N) is 2. The summed E-state index contributed by atoms with van der Waals surface area (Å²) in [5.74, 6) is -2.95. The Bertz CT molecular complexity index is 1050. The van der Waals surface area contributed by atoms with Crippen molar-refractivity contribution in [1.82, 2.24) is 10.6 Å². The molecule has 35 heavy (non-hydrogen) atoms. The Morgan fingerprint density at radius 1 is 0.971 bits per heavy atom. The highest BCUT2D eigenvalue weighted by atomic mass is 19.4. The van der Waals surface area contributed by atoms with Crippen molar-refractivity contribution in [2.24, 2.45) is 0 Å². The van der Waals surface area contributed by atoms with Gasteiger partial charge in [0.1, 0.15) is 6.61 Å². The molecule has 2 aromatic rings. The van der Waals surface area contributed by atoms with E-state index < -0.39 is 29.7 Å². The van der Waals surface area contributed by atoms with E-state index >= 15 is 0 Å². The van der Waals surface area contributed by atoms with Gasteiger partial charge in [0, 0.05) is 12.5 Å². The summed E-state index contributed by atoms with van der Waals surface area (Å²) in [4.78, 5) is 35.1. The molecular formula is C24H25F3N2O6. The molecule has 0 radical (unpaired) electrons. The zero-order chi connectivity index (χ0) is 25.6. The lowest BCUT2D eigenvalue weighted by atomic mass is 9.98. The fraction of sp³-hybridized carbons (Fsp3) is 0.375. The van der Waals surface area contributed by atoms with E-state index in [1.807, 2.05) is 53.8 Å². The third kappa shape index (κ3) is 5.91. The van der Waals surface area contributed by atoms with Gasteiger partial charge in [-0.15, -0.1) is 0 Å². The van der Waals surface area contributed by atoms with Crippen LogP contribution in [-0.2, 0) is 19.1 Å². The molecule has 8 nitrogen and oxygen atoms in total. The Morgan fingerprint density at radius 3 is 2.09 bits per heavy atom. The SMILES string of the molecule is CC(NC(=O)OCC1c2ccccc2-c2ccccc21)(C(=O)NCCOCCC(=O)O)C(F)(F)F. The van der Waals surface area contributed by atoms with E-state index in [0.717, 1.165) is 22.3 Å². The number of amides is 2. The maximum atomic E-state index is 13.7. The van der Waals surface area contributed by atoms with Gasteiger partial charge < -0.3 is 19.9 Å². The minimum Gasteiger partial charge on any atom is -0.481 e. The third-order valence-electron chi connectivity index (χ3n) is 5.71. The summed E-state index contributed by atoms with van der Waals surface area (Å²) >= 11 is 0. The molecule has 1 atom stereocenters. The van der Waals surface area contributed by atoms with Crippen LogP contribution in [0.25, 0.3) is 11.1 Å². The van der Waals surface area contributed by atoms with Crippen LogP contribution in [0, 0.1) is 0 Å². The average Bonchev–Trinajstić information content (AvgIpc) is 3.12. The van der Waals surface area contributed by atoms with Crippen LogP contribution >= 0.6 is 0 Å². The molecule has 3 N–H and O–H groups in total. The maximum Gasteiger partial charge on any atom is 0.420 e. The van der Waals surface area contributed by atoms with Crippen molar-refractivity contribution in [3.63, 3.8) is 0 Å². The summed E-state index contributed by atoms with van der Waals surface area (Å²) in [5, 5.41) is 12.2. The number of carboxylic acids is 1. The number of carbonyl (C=O) groups excluding carboxylic acids is 2. The molecule has 1 aliphatic rings. The van der Waals surface area contributed by atoms with Crippen molar-refractivity contribution in [3.8, 4) is 11.1 Å². The summed E-state index contributed by atoms with van der Waals surface area (Å²) < 4.78 is 51.3. The highest BCUT2D eigenvalue weighted by molar-refractivity contribution is 5.90. The zero-order valence-electron chi connectivity index (χ0n) is 18.9. The van der Waals surface area contributed by atoms with E-state index in [2.05, 4.69) is 0 Å². The van der Waals surface area contributed by atoms with Crippen molar-refractivity contribution in [2.45, 2.75) is 31.0 Å². The number of hydrogen-bond acceptors (Lipinski definition) is 5. The molecule has 1 aliphatic carbocycles. The number of alkyl carbamates (subject to hydrolysis) is 1. The van der Waals surface area contributed by atoms with Crippen molar-refractivity contribution in [1.29, 1.82) is 0 Å². The Morgan fingerprint density at radius 2 is 1.54 bits per heavy atom. The van der Waals surface area contributed by atoms with Crippen LogP contribution in [0.2, 0.25) is 0 Å². The van der Waals surface area contributed by atoms with Gasteiger partial charge in [-0.2, -0.15) is 13.2 Å². The lowest BCUT2D eigenvalue weighted by molar-refractivity contribution is -0.194. The number of carbonyl (C=O) groups is 3. The Hall–Kier alpha value is -3.60. The molecule has 11 heteroatoms. The van der Waals surface area contributed by atoms with Gasteiger partial charge in [-0.1, -0.05) is 48.5 Å². The van der Waals surface area contributed by atoms with E-state index in [1.165, 1.54) is 0 Å². The number of hydrogen-bond donors (Lipinski definition) is 3. The lowest BCUT2D eigenvalue weighted by Crippen LogP contribution is -2.65. The van der Waals surface area contributed by atoms with E-state index in [1.54, 1.807) is 5.32 Å². The van der Waals surface area contributed by atoms with Crippen LogP contribution in [0.1, 0.15) is 30.4 Å². The fourth-order valence-electron chi connectivity index (χ4n) is 3.77. The highest BCUT2D eigenvalue weighted by Crippen LogP contribution is 2.44. The molecule has 0 heterocycles. The molecule has 188 valence electrons. The summed E-state index contributed by atoms with van der Waals surface area (Å²) in [6.07, 6.45) is -6.79. The first kappa shape index (κ1) is 26.0. The molecule has 0 aromatic heterocycles. The largest absolute Gasteiger partial charge is 0.481 e. The number of carboxylic acid groups (broad SMARTS) is 1. The Balaban J connectivity index is 1.61. The molecule has 0 saturated heterocycles. The lowest BCUT2D eigenvalue weighted by Gasteiger charge is -2.31. The van der Waals surface area contributed by atoms with Gasteiger partial charge in [-0.25, -0.2) is 4.79 Å². The number of halogens is 3. The molecule has 2 amide bonds. The molecule has 2 aromatic carbocycles. The average molecular weight is 494 g/mol. The summed E-state index contributed by atoms with van der Waals surface area (Å²) in [7, 11) is 0. The van der Waals surface area contributed by atoms with Gasteiger partial charge in [0.25, 0.3) is 5.91 Å². The second-order valence-electron chi connectivity index (χ2n) is 8.09. The second kappa shape index (κ2) is 10.8. The molecule has 0 spiro atoms. The van der Waals surface area contributed by atoms with Crippen LogP contribution in [-0.4, -0.2) is 61.2 Å². The molecule has 0 saturated carbocycles. The first-order valence-corrected chi connectivity index (χ1v) is 10.8. The van der Waals surface area contributed by atoms with E-state index in [-0.39, 0.29) is 38.7 Å². The molecule has 0 fully saturated rings. The van der Waals surface area contributed by atoms with Gasteiger partial charge in [-0.05, 0) is 29.2 Å². The standard InChI is InChI=1S/C24H25F3N2O6/c1-23(24(25,26)27,21(32)28-11-13-34-12-10-20(30)31)29-22(33)35-14-19-17-8-4-2-6-15(17)16-7-3-5-9-18(16)19/h2-9,19H,10-14H2,1H3,(H,28,32)(H,29,33)(H,30,31). The minimum absolute atomic E-state index is 0.153. The molecule has 1 unspecified atom stereocenters. The highest BCUT2D eigenvalue weighted by Gasteiger charge is 2.58. The minimum atomic E-state index is -5.12. The topological polar surface area (TPSA) is 114 Å². The van der Waals surface area contributed by atoms with Crippen molar-refractivity contribution in [3.05, 3.63) is 59.7 Å². The van der Waals surface area contributed by atoms with Crippen molar-refractivity contribution < 1.29 is 42.1 Å². The fourth-order valence-corrected chi connectivity index (χ4v) is 3.77. The van der Waals surface area contributed by atoms with Gasteiger partial charge in [0.2, 0.25) is 5.54 Å². The van der Waals surface area contributed by atoms with E-state index in [0.29, 0.717) is 6.92 Å². The maximum absolute atomic E-state index is 13.7. The summed E-state index contributed by atoms with van der Waals surface area (Å²) in [5.41, 5.74) is 0.447. The number of benzene rings is 2. The predicted octanol–water partition coefficient (Wildman–Crippen LogP) is 3.45. The quantitative estimate of drug-likeness (QED) is 0.436. The smallest absolute Gasteiger partial charge is 0.420 e. The van der Waals surface area contributed by atoms with Crippen LogP contribution in [0.5, 0.6) is 0 Å². The first-order valence-electron chi connectivity index (χ1n) is 10.8. The number of alkyl halides is 3. The first-order chi connectivity index (χ1) is 16.5. The normalized spacial score (nSPS) is 14.4. The van der Waals surface area contributed by atoms with Crippen LogP contribution in [0.15, 0.2) is 48.5 Å².